The number of ether oxygens (including phenoxy) is 1. The van der Waals surface area contributed by atoms with Crippen LogP contribution >= 0.6 is 0 Å². The van der Waals surface area contributed by atoms with Crippen LogP contribution in [0.15, 0.2) is 91.0 Å². The molecule has 0 saturated carbocycles. The summed E-state index contributed by atoms with van der Waals surface area (Å²) in [6.07, 6.45) is -1.36. The average molecular weight is 469 g/mol. The SMILES string of the molecule is CC(Cc1ccc(OCc2ccc3ccccc3n2)cc1)(C(=N)CC(O)C(=O)O)c1ccccc1. The molecule has 0 saturated heterocycles. The Balaban J connectivity index is 1.47. The maximum atomic E-state index is 11.2. The minimum absolute atomic E-state index is 0.168. The summed E-state index contributed by atoms with van der Waals surface area (Å²) in [7, 11) is 0. The van der Waals surface area contributed by atoms with Crippen molar-refractivity contribution in [2.24, 2.45) is 0 Å². The van der Waals surface area contributed by atoms with E-state index in [0.717, 1.165) is 27.7 Å². The number of nitrogens with zero attached hydrogens (tertiary/aromatic N) is 1. The molecule has 0 fully saturated rings. The number of fused-ring (bicyclic) bond motifs is 1. The lowest BCUT2D eigenvalue weighted by atomic mass is 9.72. The van der Waals surface area contributed by atoms with Crippen LogP contribution in [0.2, 0.25) is 0 Å². The third-order valence-electron chi connectivity index (χ3n) is 6.28. The molecule has 6 nitrogen and oxygen atoms in total. The van der Waals surface area contributed by atoms with Crippen LogP contribution in [-0.4, -0.2) is 33.0 Å². The Morgan fingerprint density at radius 3 is 2.37 bits per heavy atom. The van der Waals surface area contributed by atoms with Gasteiger partial charge in [-0.25, -0.2) is 9.78 Å². The second kappa shape index (κ2) is 10.5. The molecule has 6 heteroatoms. The van der Waals surface area contributed by atoms with Crippen LogP contribution < -0.4 is 4.74 Å². The van der Waals surface area contributed by atoms with Crippen molar-refractivity contribution in [3.63, 3.8) is 0 Å². The lowest BCUT2D eigenvalue weighted by molar-refractivity contribution is -0.146. The second-order valence-corrected chi connectivity index (χ2v) is 8.84. The lowest BCUT2D eigenvalue weighted by Crippen LogP contribution is -2.38. The molecule has 2 atom stereocenters. The van der Waals surface area contributed by atoms with Crippen molar-refractivity contribution in [2.75, 3.05) is 0 Å². The monoisotopic (exact) mass is 468 g/mol. The van der Waals surface area contributed by atoms with Gasteiger partial charge in [0.25, 0.3) is 0 Å². The highest BCUT2D eigenvalue weighted by Crippen LogP contribution is 2.32. The first kappa shape index (κ1) is 24.1. The average Bonchev–Trinajstić information content (AvgIpc) is 2.88. The van der Waals surface area contributed by atoms with Gasteiger partial charge in [-0.3, -0.25) is 0 Å². The number of hydrogen-bond acceptors (Lipinski definition) is 5. The smallest absolute Gasteiger partial charge is 0.332 e. The molecule has 4 aromatic rings. The number of aromatic nitrogens is 1. The van der Waals surface area contributed by atoms with E-state index in [1.165, 1.54) is 0 Å². The molecule has 3 aromatic carbocycles. The fourth-order valence-corrected chi connectivity index (χ4v) is 4.15. The number of aliphatic carboxylic acids is 1. The number of pyridine rings is 1. The number of carbonyl (C=O) groups is 1. The Hall–Kier alpha value is -4.03. The van der Waals surface area contributed by atoms with E-state index in [-0.39, 0.29) is 12.1 Å². The quantitative estimate of drug-likeness (QED) is 0.279. The van der Waals surface area contributed by atoms with Crippen LogP contribution in [-0.2, 0) is 23.2 Å². The number of aliphatic hydroxyl groups is 1. The summed E-state index contributed by atoms with van der Waals surface area (Å²) in [5.74, 6) is -0.617. The molecule has 178 valence electrons. The lowest BCUT2D eigenvalue weighted by Gasteiger charge is -2.32. The van der Waals surface area contributed by atoms with Crippen molar-refractivity contribution in [3.8, 4) is 5.75 Å². The molecule has 0 radical (unpaired) electrons. The number of rotatable bonds is 10. The summed E-state index contributed by atoms with van der Waals surface area (Å²) >= 11 is 0. The number of benzene rings is 3. The number of hydrogen-bond donors (Lipinski definition) is 3. The van der Waals surface area contributed by atoms with Gasteiger partial charge in [-0.2, -0.15) is 0 Å². The summed E-state index contributed by atoms with van der Waals surface area (Å²) in [4.78, 5) is 15.8. The minimum Gasteiger partial charge on any atom is -0.487 e. The molecule has 0 bridgehead atoms. The number of carboxylic acids is 1. The number of aliphatic hydroxyl groups excluding tert-OH is 1. The summed E-state index contributed by atoms with van der Waals surface area (Å²) in [5.41, 5.74) is 3.04. The maximum absolute atomic E-state index is 11.2. The maximum Gasteiger partial charge on any atom is 0.332 e. The molecule has 1 heterocycles. The molecule has 0 aliphatic rings. The van der Waals surface area contributed by atoms with E-state index in [2.05, 4.69) is 4.98 Å². The summed E-state index contributed by atoms with van der Waals surface area (Å²) in [5, 5.41) is 28.7. The van der Waals surface area contributed by atoms with Crippen LogP contribution in [0, 0.1) is 5.41 Å². The van der Waals surface area contributed by atoms with E-state index >= 15 is 0 Å². The zero-order valence-corrected chi connectivity index (χ0v) is 19.5. The van der Waals surface area contributed by atoms with Crippen molar-refractivity contribution in [2.45, 2.75) is 37.9 Å². The third-order valence-corrected chi connectivity index (χ3v) is 6.28. The van der Waals surface area contributed by atoms with Crippen LogP contribution in [0.5, 0.6) is 5.75 Å². The Bertz CT molecular complexity index is 1320. The first-order chi connectivity index (χ1) is 16.8. The fourth-order valence-electron chi connectivity index (χ4n) is 4.15. The highest BCUT2D eigenvalue weighted by Gasteiger charge is 2.34. The van der Waals surface area contributed by atoms with E-state index in [1.807, 2.05) is 97.9 Å². The van der Waals surface area contributed by atoms with E-state index in [1.54, 1.807) is 0 Å². The molecule has 3 N–H and O–H groups in total. The Morgan fingerprint density at radius 1 is 0.971 bits per heavy atom. The van der Waals surface area contributed by atoms with E-state index in [4.69, 9.17) is 15.3 Å². The van der Waals surface area contributed by atoms with Crippen molar-refractivity contribution in [1.29, 1.82) is 5.41 Å². The summed E-state index contributed by atoms with van der Waals surface area (Å²) in [6, 6.07) is 29.2. The highest BCUT2D eigenvalue weighted by molar-refractivity contribution is 5.95. The van der Waals surface area contributed by atoms with Gasteiger partial charge in [0.1, 0.15) is 12.4 Å². The first-order valence-corrected chi connectivity index (χ1v) is 11.5. The molecule has 0 amide bonds. The fraction of sp³-hybridized carbons (Fsp3) is 0.207. The van der Waals surface area contributed by atoms with E-state index < -0.39 is 17.5 Å². The highest BCUT2D eigenvalue weighted by atomic mass is 16.5. The van der Waals surface area contributed by atoms with Crippen LogP contribution in [0.4, 0.5) is 0 Å². The summed E-state index contributed by atoms with van der Waals surface area (Å²) in [6.45, 7) is 2.26. The Labute approximate surface area is 204 Å². The molecular formula is C29H28N2O4. The van der Waals surface area contributed by atoms with E-state index in [9.17, 15) is 9.90 Å². The molecule has 35 heavy (non-hydrogen) atoms. The first-order valence-electron chi connectivity index (χ1n) is 11.5. The topological polar surface area (TPSA) is 104 Å². The summed E-state index contributed by atoms with van der Waals surface area (Å²) < 4.78 is 5.93. The predicted molar refractivity (Wildman–Crippen MR) is 136 cm³/mol. The van der Waals surface area contributed by atoms with Crippen LogP contribution in [0.3, 0.4) is 0 Å². The Kier molecular flexibility index (Phi) is 7.22. The number of carboxylic acid groups (broad SMARTS) is 1. The van der Waals surface area contributed by atoms with E-state index in [0.29, 0.717) is 18.8 Å². The van der Waals surface area contributed by atoms with Gasteiger partial charge in [-0.1, -0.05) is 66.7 Å². The van der Waals surface area contributed by atoms with Gasteiger partial charge in [-0.05, 0) is 48.7 Å². The van der Waals surface area contributed by atoms with Crippen LogP contribution in [0.1, 0.15) is 30.2 Å². The molecule has 0 aliphatic carbocycles. The largest absolute Gasteiger partial charge is 0.487 e. The van der Waals surface area contributed by atoms with Gasteiger partial charge in [0, 0.05) is 22.9 Å². The molecule has 2 unspecified atom stereocenters. The molecule has 1 aromatic heterocycles. The standard InChI is InChI=1S/C29H28N2O4/c1-29(22-8-3-2-4-9-22,27(30)17-26(32)28(33)34)18-20-11-15-24(16-12-20)35-19-23-14-13-21-7-5-6-10-25(21)31-23/h2-16,26,30,32H,17-19H2,1H3,(H,33,34). The number of nitrogens with one attached hydrogen (secondary N) is 1. The Morgan fingerprint density at radius 2 is 1.66 bits per heavy atom. The van der Waals surface area contributed by atoms with Crippen molar-refractivity contribution >= 4 is 22.6 Å². The zero-order valence-electron chi connectivity index (χ0n) is 19.5. The van der Waals surface area contributed by atoms with Crippen molar-refractivity contribution in [3.05, 3.63) is 108 Å². The third kappa shape index (κ3) is 5.73. The predicted octanol–water partition coefficient (Wildman–Crippen LogP) is 5.17. The second-order valence-electron chi connectivity index (χ2n) is 8.84. The van der Waals surface area contributed by atoms with Crippen molar-refractivity contribution in [1.82, 2.24) is 4.98 Å². The molecule has 0 aliphatic heterocycles. The van der Waals surface area contributed by atoms with Crippen LogP contribution in [0.25, 0.3) is 10.9 Å². The van der Waals surface area contributed by atoms with Gasteiger partial charge in [0.05, 0.1) is 11.2 Å². The normalized spacial score (nSPS) is 13.7. The van der Waals surface area contributed by atoms with Gasteiger partial charge in [-0.15, -0.1) is 0 Å². The van der Waals surface area contributed by atoms with Gasteiger partial charge >= 0.3 is 5.97 Å². The van der Waals surface area contributed by atoms with Gasteiger partial charge in [0.2, 0.25) is 0 Å². The molecular weight excluding hydrogens is 440 g/mol. The number of para-hydroxylation sites is 1. The van der Waals surface area contributed by atoms with Gasteiger partial charge < -0.3 is 20.4 Å². The molecule has 0 spiro atoms. The molecule has 4 rings (SSSR count). The zero-order chi connectivity index (χ0) is 24.8. The van der Waals surface area contributed by atoms with Crippen molar-refractivity contribution < 1.29 is 19.7 Å². The minimum atomic E-state index is -1.61. The van der Waals surface area contributed by atoms with Gasteiger partial charge in [0.15, 0.2) is 6.10 Å².